The number of hydrogen-bond acceptors (Lipinski definition) is 1. The fraction of sp³-hybridized carbons (Fsp3) is 0.250. The van der Waals surface area contributed by atoms with E-state index >= 15 is 0 Å². The van der Waals surface area contributed by atoms with Crippen LogP contribution in [-0.2, 0) is 0 Å². The zero-order valence-corrected chi connectivity index (χ0v) is 7.62. The molecule has 1 atom stereocenters. The highest BCUT2D eigenvalue weighted by molar-refractivity contribution is 7.28. The number of benzene rings is 1. The molecule has 0 aliphatic heterocycles. The molecule has 0 radical (unpaired) electrons. The number of para-hydroxylation sites is 1. The molecule has 0 aromatic heterocycles. The predicted octanol–water partition coefficient (Wildman–Crippen LogP) is 1.80. The van der Waals surface area contributed by atoms with E-state index < -0.39 is 0 Å². The molecular weight excluding hydrogens is 141 g/mol. The molecule has 0 saturated heterocycles. The molecule has 56 valence electrons. The summed E-state index contributed by atoms with van der Waals surface area (Å²) in [5.41, 5.74) is 6.33. The monoisotopic (exact) mass is 155 g/mol. The Morgan fingerprint density at radius 3 is 2.00 bits per heavy atom. The Bertz CT molecular complexity index is 165. The molecule has 0 bridgehead atoms. The number of nitrogens with two attached hydrogens (primary N) is 1. The first-order valence-electron chi connectivity index (χ1n) is 3.40. The summed E-state index contributed by atoms with van der Waals surface area (Å²) in [6.07, 6.45) is 0. The maximum atomic E-state index is 5.50. The third-order valence-electron chi connectivity index (χ3n) is 0.996. The summed E-state index contributed by atoms with van der Waals surface area (Å²) in [7, 11) is 2.56. The van der Waals surface area contributed by atoms with E-state index in [1.54, 1.807) is 0 Å². The maximum absolute atomic E-state index is 5.50. The minimum Gasteiger partial charge on any atom is -0.398 e. The largest absolute Gasteiger partial charge is 0.398 e. The molecule has 0 amide bonds. The molecular formula is C8H14NP. The maximum Gasteiger partial charge on any atom is 0.0386 e. The topological polar surface area (TPSA) is 26.0 Å². The third kappa shape index (κ3) is 2.84. The van der Waals surface area contributed by atoms with Gasteiger partial charge in [0, 0.05) is 5.69 Å². The van der Waals surface area contributed by atoms with Gasteiger partial charge in [-0.05, 0) is 11.4 Å². The third-order valence-corrected chi connectivity index (χ3v) is 1.52. The minimum atomic E-state index is 0.831. The van der Waals surface area contributed by atoms with Crippen molar-refractivity contribution in [3.05, 3.63) is 24.3 Å². The van der Waals surface area contributed by atoms with Crippen LogP contribution in [0.25, 0.3) is 0 Å². The Hall–Kier alpha value is -0.550. The highest BCUT2D eigenvalue weighted by Gasteiger charge is 1.84. The van der Waals surface area contributed by atoms with Crippen LogP contribution < -0.4 is 11.0 Å². The van der Waals surface area contributed by atoms with Gasteiger partial charge in [0.2, 0.25) is 0 Å². The number of hydrogen-bond donors (Lipinski definition) is 1. The van der Waals surface area contributed by atoms with Crippen LogP contribution in [0, 0.1) is 0 Å². The lowest BCUT2D eigenvalue weighted by molar-refractivity contribution is 1.50. The molecule has 1 nitrogen and oxygen atoms in total. The molecule has 0 aliphatic carbocycles. The first kappa shape index (κ1) is 9.45. The molecule has 2 N–H and O–H groups in total. The van der Waals surface area contributed by atoms with E-state index in [-0.39, 0.29) is 0 Å². The molecule has 1 aromatic carbocycles. The highest BCUT2D eigenvalue weighted by Crippen LogP contribution is 1.99. The average Bonchev–Trinajstić information content (AvgIpc) is 2.00. The smallest absolute Gasteiger partial charge is 0.0386 e. The van der Waals surface area contributed by atoms with Crippen LogP contribution in [0.15, 0.2) is 24.3 Å². The first-order valence-corrected chi connectivity index (χ1v) is 3.98. The van der Waals surface area contributed by atoms with Gasteiger partial charge in [-0.3, -0.25) is 0 Å². The Balaban J connectivity index is 0.000000371. The van der Waals surface area contributed by atoms with Crippen LogP contribution in [0.1, 0.15) is 13.8 Å². The van der Waals surface area contributed by atoms with Crippen LogP contribution in [-0.4, -0.2) is 0 Å². The van der Waals surface area contributed by atoms with Crippen molar-refractivity contribution in [2.24, 2.45) is 0 Å². The van der Waals surface area contributed by atoms with E-state index in [1.165, 1.54) is 0 Å². The van der Waals surface area contributed by atoms with E-state index in [4.69, 9.17) is 5.73 Å². The Kier molecular flexibility index (Phi) is 4.96. The Morgan fingerprint density at radius 2 is 1.70 bits per heavy atom. The van der Waals surface area contributed by atoms with Gasteiger partial charge in [0.25, 0.3) is 0 Å². The van der Waals surface area contributed by atoms with Gasteiger partial charge in [-0.15, -0.1) is 9.24 Å². The van der Waals surface area contributed by atoms with E-state index in [0.29, 0.717) is 0 Å². The zero-order valence-electron chi connectivity index (χ0n) is 6.46. The van der Waals surface area contributed by atoms with Gasteiger partial charge in [-0.2, -0.15) is 0 Å². The van der Waals surface area contributed by atoms with Crippen LogP contribution in [0.2, 0.25) is 0 Å². The second-order valence-electron chi connectivity index (χ2n) is 1.63. The first-order chi connectivity index (χ1) is 4.80. The fourth-order valence-electron chi connectivity index (χ4n) is 0.511. The summed E-state index contributed by atoms with van der Waals surface area (Å²) in [5, 5.41) is 1.06. The van der Waals surface area contributed by atoms with Gasteiger partial charge in [0.15, 0.2) is 0 Å². The molecule has 0 heterocycles. The fourth-order valence-corrected chi connectivity index (χ4v) is 0.718. The lowest BCUT2D eigenvalue weighted by Crippen LogP contribution is -1.98. The lowest BCUT2D eigenvalue weighted by atomic mass is 10.3. The van der Waals surface area contributed by atoms with Gasteiger partial charge in [-0.25, -0.2) is 0 Å². The van der Waals surface area contributed by atoms with Gasteiger partial charge in [0.05, 0.1) is 0 Å². The summed E-state index contributed by atoms with van der Waals surface area (Å²) in [4.78, 5) is 0. The molecule has 2 heteroatoms. The van der Waals surface area contributed by atoms with Gasteiger partial charge in [0.1, 0.15) is 0 Å². The van der Waals surface area contributed by atoms with E-state index in [9.17, 15) is 0 Å². The van der Waals surface area contributed by atoms with Crippen molar-refractivity contribution < 1.29 is 0 Å². The molecule has 1 rings (SSSR count). The van der Waals surface area contributed by atoms with Crippen LogP contribution >= 0.6 is 9.24 Å². The van der Waals surface area contributed by atoms with Crippen molar-refractivity contribution in [2.45, 2.75) is 13.8 Å². The van der Waals surface area contributed by atoms with Gasteiger partial charge >= 0.3 is 0 Å². The van der Waals surface area contributed by atoms with Crippen molar-refractivity contribution in [3.63, 3.8) is 0 Å². The molecule has 1 unspecified atom stereocenters. The SMILES string of the molecule is CC.Nc1ccccc1P. The second kappa shape index (κ2) is 5.25. The average molecular weight is 155 g/mol. The summed E-state index contributed by atoms with van der Waals surface area (Å²) < 4.78 is 0. The van der Waals surface area contributed by atoms with Crippen molar-refractivity contribution >= 4 is 20.2 Å². The van der Waals surface area contributed by atoms with Crippen LogP contribution in [0.4, 0.5) is 5.69 Å². The number of anilines is 1. The van der Waals surface area contributed by atoms with Crippen LogP contribution in [0.5, 0.6) is 0 Å². The summed E-state index contributed by atoms with van der Waals surface area (Å²) >= 11 is 0. The second-order valence-corrected chi connectivity index (χ2v) is 2.25. The Morgan fingerprint density at radius 1 is 1.20 bits per heavy atom. The van der Waals surface area contributed by atoms with Gasteiger partial charge < -0.3 is 5.73 Å². The molecule has 0 spiro atoms. The van der Waals surface area contributed by atoms with Crippen molar-refractivity contribution in [1.29, 1.82) is 0 Å². The predicted molar refractivity (Wildman–Crippen MR) is 51.5 cm³/mol. The van der Waals surface area contributed by atoms with E-state index in [0.717, 1.165) is 11.0 Å². The normalized spacial score (nSPS) is 7.90. The standard InChI is InChI=1S/C6H8NP.C2H6/c7-5-3-1-2-4-6(5)8;1-2/h1-4H,7-8H2;1-2H3. The number of rotatable bonds is 0. The van der Waals surface area contributed by atoms with Gasteiger partial charge in [-0.1, -0.05) is 32.0 Å². The zero-order chi connectivity index (χ0) is 7.98. The Labute approximate surface area is 64.8 Å². The lowest BCUT2D eigenvalue weighted by Gasteiger charge is -1.93. The molecule has 0 fully saturated rings. The summed E-state index contributed by atoms with van der Waals surface area (Å²) in [6, 6.07) is 7.71. The van der Waals surface area contributed by atoms with Crippen LogP contribution in [0.3, 0.4) is 0 Å². The summed E-state index contributed by atoms with van der Waals surface area (Å²) in [6.45, 7) is 4.00. The summed E-state index contributed by atoms with van der Waals surface area (Å²) in [5.74, 6) is 0. The highest BCUT2D eigenvalue weighted by atomic mass is 31.0. The molecule has 10 heavy (non-hydrogen) atoms. The van der Waals surface area contributed by atoms with E-state index in [2.05, 4.69) is 9.24 Å². The quantitative estimate of drug-likeness (QED) is 0.448. The molecule has 0 saturated carbocycles. The van der Waals surface area contributed by atoms with Crippen molar-refractivity contribution in [2.75, 3.05) is 5.73 Å². The minimum absolute atomic E-state index is 0.831. The van der Waals surface area contributed by atoms with Crippen molar-refractivity contribution in [1.82, 2.24) is 0 Å². The van der Waals surface area contributed by atoms with Crippen molar-refractivity contribution in [3.8, 4) is 0 Å². The molecule has 0 aliphatic rings. The number of nitrogen functional groups attached to an aromatic ring is 1. The molecule has 1 aromatic rings. The van der Waals surface area contributed by atoms with E-state index in [1.807, 2.05) is 38.1 Å².